The summed E-state index contributed by atoms with van der Waals surface area (Å²) in [5.41, 5.74) is 6.86. The van der Waals surface area contributed by atoms with Crippen molar-refractivity contribution in [2.24, 2.45) is 5.73 Å². The Labute approximate surface area is 114 Å². The molecular weight excluding hydrogens is 240 g/mol. The lowest BCUT2D eigenvalue weighted by molar-refractivity contribution is -0.136. The summed E-state index contributed by atoms with van der Waals surface area (Å²) >= 11 is 0. The number of hydrogen-bond acceptors (Lipinski definition) is 3. The fourth-order valence-electron chi connectivity index (χ4n) is 2.58. The Morgan fingerprint density at radius 1 is 1.32 bits per heavy atom. The van der Waals surface area contributed by atoms with Crippen LogP contribution in [0.2, 0.25) is 0 Å². The van der Waals surface area contributed by atoms with E-state index in [1.165, 1.54) is 0 Å². The molecule has 4 heteroatoms. The molecule has 0 radical (unpaired) electrons. The van der Waals surface area contributed by atoms with Gasteiger partial charge in [-0.2, -0.15) is 0 Å². The Morgan fingerprint density at radius 3 is 2.58 bits per heavy atom. The number of aryl methyl sites for hydroxylation is 1. The molecule has 0 atom stereocenters. The standard InChI is InChI=1S/C15H22N2O2/c1-4-15(5-2)14(18)17(9-8-16)12-10-11(3)6-7-13(12)19-15/h6-7,10H,4-5,8-9,16H2,1-3H3. The molecule has 0 bridgehead atoms. The van der Waals surface area contributed by atoms with Crippen molar-refractivity contribution in [1.29, 1.82) is 0 Å². The summed E-state index contributed by atoms with van der Waals surface area (Å²) in [5.74, 6) is 0.809. The fourth-order valence-corrected chi connectivity index (χ4v) is 2.58. The lowest BCUT2D eigenvalue weighted by atomic mass is 9.92. The molecule has 104 valence electrons. The highest BCUT2D eigenvalue weighted by Gasteiger charge is 2.45. The van der Waals surface area contributed by atoms with E-state index in [1.807, 2.05) is 39.0 Å². The molecule has 1 heterocycles. The molecule has 0 aliphatic carbocycles. The number of hydrogen-bond donors (Lipinski definition) is 1. The van der Waals surface area contributed by atoms with E-state index in [-0.39, 0.29) is 5.91 Å². The van der Waals surface area contributed by atoms with Crippen molar-refractivity contribution in [3.05, 3.63) is 23.8 Å². The SMILES string of the molecule is CCC1(CC)Oc2ccc(C)cc2N(CCN)C1=O. The number of nitrogens with two attached hydrogens (primary N) is 1. The van der Waals surface area contributed by atoms with E-state index in [0.717, 1.165) is 17.0 Å². The number of fused-ring (bicyclic) bond motifs is 1. The van der Waals surface area contributed by atoms with E-state index in [0.29, 0.717) is 25.9 Å². The van der Waals surface area contributed by atoms with Crippen LogP contribution in [0, 0.1) is 6.92 Å². The highest BCUT2D eigenvalue weighted by Crippen LogP contribution is 2.40. The average Bonchev–Trinajstić information content (AvgIpc) is 2.42. The predicted molar refractivity (Wildman–Crippen MR) is 76.5 cm³/mol. The van der Waals surface area contributed by atoms with Gasteiger partial charge in [-0.1, -0.05) is 19.9 Å². The molecule has 0 unspecified atom stereocenters. The van der Waals surface area contributed by atoms with E-state index in [4.69, 9.17) is 10.5 Å². The van der Waals surface area contributed by atoms with Gasteiger partial charge >= 0.3 is 0 Å². The van der Waals surface area contributed by atoms with E-state index in [9.17, 15) is 4.79 Å². The second kappa shape index (κ2) is 5.21. The molecule has 2 N–H and O–H groups in total. The largest absolute Gasteiger partial charge is 0.475 e. The number of rotatable bonds is 4. The topological polar surface area (TPSA) is 55.6 Å². The van der Waals surface area contributed by atoms with Crippen molar-refractivity contribution in [2.45, 2.75) is 39.2 Å². The monoisotopic (exact) mass is 262 g/mol. The zero-order chi connectivity index (χ0) is 14.0. The van der Waals surface area contributed by atoms with Gasteiger partial charge in [0.25, 0.3) is 5.91 Å². The molecule has 19 heavy (non-hydrogen) atoms. The van der Waals surface area contributed by atoms with Gasteiger partial charge in [0.1, 0.15) is 5.75 Å². The van der Waals surface area contributed by atoms with Gasteiger partial charge < -0.3 is 15.4 Å². The van der Waals surface area contributed by atoms with Crippen LogP contribution in [0.3, 0.4) is 0 Å². The minimum atomic E-state index is -0.739. The minimum Gasteiger partial charge on any atom is -0.475 e. The van der Waals surface area contributed by atoms with Crippen LogP contribution in [-0.2, 0) is 4.79 Å². The first kappa shape index (κ1) is 13.9. The summed E-state index contributed by atoms with van der Waals surface area (Å²) < 4.78 is 6.03. The first-order valence-electron chi connectivity index (χ1n) is 6.89. The molecule has 1 aromatic rings. The third kappa shape index (κ3) is 2.21. The molecule has 0 aromatic heterocycles. The number of nitrogens with zero attached hydrogens (tertiary/aromatic N) is 1. The van der Waals surface area contributed by atoms with Crippen LogP contribution < -0.4 is 15.4 Å². The van der Waals surface area contributed by atoms with Crippen LogP contribution in [0.25, 0.3) is 0 Å². The zero-order valence-electron chi connectivity index (χ0n) is 11.9. The molecule has 2 rings (SSSR count). The summed E-state index contributed by atoms with van der Waals surface area (Å²) in [6.45, 7) is 6.96. The molecule has 0 saturated heterocycles. The van der Waals surface area contributed by atoms with Crippen molar-refractivity contribution in [3.63, 3.8) is 0 Å². The molecule has 1 amide bonds. The third-order valence-corrected chi connectivity index (χ3v) is 3.84. The van der Waals surface area contributed by atoms with Crippen molar-refractivity contribution >= 4 is 11.6 Å². The molecule has 1 aliphatic rings. The molecule has 1 aliphatic heterocycles. The molecule has 0 saturated carbocycles. The van der Waals surface area contributed by atoms with Gasteiger partial charge in [0.2, 0.25) is 0 Å². The van der Waals surface area contributed by atoms with Gasteiger partial charge in [0.15, 0.2) is 5.60 Å². The van der Waals surface area contributed by atoms with Crippen LogP contribution >= 0.6 is 0 Å². The van der Waals surface area contributed by atoms with E-state index < -0.39 is 5.60 Å². The number of carbonyl (C=O) groups is 1. The summed E-state index contributed by atoms with van der Waals surface area (Å²) in [5, 5.41) is 0. The van der Waals surface area contributed by atoms with Crippen LogP contribution in [-0.4, -0.2) is 24.6 Å². The first-order valence-corrected chi connectivity index (χ1v) is 6.89. The van der Waals surface area contributed by atoms with Gasteiger partial charge in [-0.05, 0) is 37.5 Å². The van der Waals surface area contributed by atoms with E-state index in [2.05, 4.69) is 0 Å². The maximum absolute atomic E-state index is 12.7. The highest BCUT2D eigenvalue weighted by atomic mass is 16.5. The molecule has 0 spiro atoms. The second-order valence-corrected chi connectivity index (χ2v) is 5.02. The number of ether oxygens (including phenoxy) is 1. The Hall–Kier alpha value is -1.55. The fraction of sp³-hybridized carbons (Fsp3) is 0.533. The predicted octanol–water partition coefficient (Wildman–Crippen LogP) is 2.24. The molecule has 1 aromatic carbocycles. The average molecular weight is 262 g/mol. The van der Waals surface area contributed by atoms with Crippen LogP contribution in [0.1, 0.15) is 32.3 Å². The summed E-state index contributed by atoms with van der Waals surface area (Å²) in [6.07, 6.45) is 1.33. The van der Waals surface area contributed by atoms with Gasteiger partial charge in [-0.25, -0.2) is 0 Å². The summed E-state index contributed by atoms with van der Waals surface area (Å²) in [7, 11) is 0. The Kier molecular flexibility index (Phi) is 3.80. The lowest BCUT2D eigenvalue weighted by Crippen LogP contribution is -2.56. The number of benzene rings is 1. The second-order valence-electron chi connectivity index (χ2n) is 5.02. The lowest BCUT2D eigenvalue weighted by Gasteiger charge is -2.42. The summed E-state index contributed by atoms with van der Waals surface area (Å²) in [6, 6.07) is 5.93. The van der Waals surface area contributed by atoms with Crippen molar-refractivity contribution < 1.29 is 9.53 Å². The van der Waals surface area contributed by atoms with Crippen LogP contribution in [0.4, 0.5) is 5.69 Å². The number of amides is 1. The molecule has 4 nitrogen and oxygen atoms in total. The Morgan fingerprint density at radius 2 is 2.00 bits per heavy atom. The Bertz CT molecular complexity index is 481. The minimum absolute atomic E-state index is 0.0288. The third-order valence-electron chi connectivity index (χ3n) is 3.84. The van der Waals surface area contributed by atoms with Crippen molar-refractivity contribution in [1.82, 2.24) is 0 Å². The zero-order valence-corrected chi connectivity index (χ0v) is 11.9. The first-order chi connectivity index (χ1) is 9.07. The number of anilines is 1. The maximum Gasteiger partial charge on any atom is 0.271 e. The van der Waals surface area contributed by atoms with E-state index in [1.54, 1.807) is 4.90 Å². The van der Waals surface area contributed by atoms with Crippen molar-refractivity contribution in [2.75, 3.05) is 18.0 Å². The van der Waals surface area contributed by atoms with Crippen molar-refractivity contribution in [3.8, 4) is 5.75 Å². The molecule has 0 fully saturated rings. The highest BCUT2D eigenvalue weighted by molar-refractivity contribution is 6.02. The van der Waals surface area contributed by atoms with Crippen LogP contribution in [0.5, 0.6) is 5.75 Å². The quantitative estimate of drug-likeness (QED) is 0.905. The normalized spacial score (nSPS) is 17.1. The van der Waals surface area contributed by atoms with Gasteiger partial charge in [-0.15, -0.1) is 0 Å². The van der Waals surface area contributed by atoms with Gasteiger partial charge in [0.05, 0.1) is 5.69 Å². The number of carbonyl (C=O) groups excluding carboxylic acids is 1. The van der Waals surface area contributed by atoms with E-state index >= 15 is 0 Å². The van der Waals surface area contributed by atoms with Gasteiger partial charge in [0, 0.05) is 13.1 Å². The smallest absolute Gasteiger partial charge is 0.271 e. The summed E-state index contributed by atoms with van der Waals surface area (Å²) in [4.78, 5) is 14.5. The van der Waals surface area contributed by atoms with Gasteiger partial charge in [-0.3, -0.25) is 4.79 Å². The Balaban J connectivity index is 2.52. The maximum atomic E-state index is 12.7. The van der Waals surface area contributed by atoms with Crippen LogP contribution in [0.15, 0.2) is 18.2 Å². The molecular formula is C15H22N2O2.